The monoisotopic (exact) mass is 381 g/mol. The van der Waals surface area contributed by atoms with Crippen LogP contribution in [0, 0.1) is 0 Å². The van der Waals surface area contributed by atoms with Gasteiger partial charge >= 0.3 is 0 Å². The molecule has 1 aliphatic rings. The fourth-order valence-corrected chi connectivity index (χ4v) is 4.34. The molecule has 0 aliphatic carbocycles. The Balaban J connectivity index is 1.86. The minimum atomic E-state index is -3.61. The van der Waals surface area contributed by atoms with Crippen molar-refractivity contribution in [3.05, 3.63) is 58.7 Å². The highest BCUT2D eigenvalue weighted by atomic mass is 79.9. The average molecular weight is 382 g/mol. The molecule has 3 rings (SSSR count). The van der Waals surface area contributed by atoms with Gasteiger partial charge in [0.05, 0.1) is 0 Å². The van der Waals surface area contributed by atoms with Crippen molar-refractivity contribution in [3.8, 4) is 0 Å². The Morgan fingerprint density at radius 2 is 1.86 bits per heavy atom. The zero-order valence-electron chi connectivity index (χ0n) is 11.8. The maximum atomic E-state index is 12.7. The van der Waals surface area contributed by atoms with E-state index in [0.29, 0.717) is 13.1 Å². The number of aromatic nitrogens is 1. The third-order valence-electron chi connectivity index (χ3n) is 3.86. The van der Waals surface area contributed by atoms with Crippen LogP contribution >= 0.6 is 15.9 Å². The fraction of sp³-hybridized carbons (Fsp3) is 0.267. The Morgan fingerprint density at radius 1 is 1.14 bits per heavy atom. The van der Waals surface area contributed by atoms with Gasteiger partial charge in [-0.25, -0.2) is 13.4 Å². The second-order valence-electron chi connectivity index (χ2n) is 5.32. The van der Waals surface area contributed by atoms with Crippen LogP contribution in [0.3, 0.4) is 0 Å². The van der Waals surface area contributed by atoms with Crippen LogP contribution in [0.15, 0.2) is 58.2 Å². The zero-order chi connectivity index (χ0) is 15.7. The standard InChI is InChI=1S/C15H16BrN3O2S/c16-12-6-7-15(18-8-12)22(20,21)19-9-13(14(17)10-19)11-4-2-1-3-5-11/h1-8,13-14H,9-10,17H2/t13-,14+/m0/s1. The first-order valence-electron chi connectivity index (χ1n) is 6.91. The van der Waals surface area contributed by atoms with Gasteiger partial charge in [0.15, 0.2) is 5.03 Å². The molecule has 116 valence electrons. The van der Waals surface area contributed by atoms with Crippen LogP contribution in [-0.4, -0.2) is 36.8 Å². The Kier molecular flexibility index (Phi) is 4.31. The third-order valence-corrected chi connectivity index (χ3v) is 6.08. The average Bonchev–Trinajstić information content (AvgIpc) is 2.91. The van der Waals surface area contributed by atoms with Crippen molar-refractivity contribution in [1.82, 2.24) is 9.29 Å². The van der Waals surface area contributed by atoms with Gasteiger partial charge in [-0.05, 0) is 33.6 Å². The molecule has 1 fully saturated rings. The highest BCUT2D eigenvalue weighted by Crippen LogP contribution is 2.30. The van der Waals surface area contributed by atoms with Crippen molar-refractivity contribution in [1.29, 1.82) is 0 Å². The first-order chi connectivity index (χ1) is 10.5. The van der Waals surface area contributed by atoms with E-state index >= 15 is 0 Å². The van der Waals surface area contributed by atoms with Crippen molar-refractivity contribution in [2.45, 2.75) is 17.0 Å². The highest BCUT2D eigenvalue weighted by Gasteiger charge is 2.38. The van der Waals surface area contributed by atoms with Gasteiger partial charge in [0.25, 0.3) is 10.0 Å². The van der Waals surface area contributed by atoms with Crippen molar-refractivity contribution < 1.29 is 8.42 Å². The topological polar surface area (TPSA) is 76.3 Å². The third kappa shape index (κ3) is 2.94. The number of hydrogen-bond acceptors (Lipinski definition) is 4. The van der Waals surface area contributed by atoms with Crippen LogP contribution in [0.1, 0.15) is 11.5 Å². The molecule has 0 bridgehead atoms. The SMILES string of the molecule is N[C@@H]1CN(S(=O)(=O)c2ccc(Br)cn2)C[C@H]1c1ccccc1. The molecule has 7 heteroatoms. The molecule has 0 unspecified atom stereocenters. The van der Waals surface area contributed by atoms with Crippen LogP contribution in [0.25, 0.3) is 0 Å². The summed E-state index contributed by atoms with van der Waals surface area (Å²) in [7, 11) is -3.61. The molecule has 1 saturated heterocycles. The van der Waals surface area contributed by atoms with E-state index in [9.17, 15) is 8.42 Å². The molecule has 0 spiro atoms. The number of nitrogens with two attached hydrogens (primary N) is 1. The van der Waals surface area contributed by atoms with E-state index in [4.69, 9.17) is 5.73 Å². The van der Waals surface area contributed by atoms with Gasteiger partial charge < -0.3 is 5.73 Å². The zero-order valence-corrected chi connectivity index (χ0v) is 14.2. The number of pyridine rings is 1. The predicted molar refractivity (Wildman–Crippen MR) is 87.9 cm³/mol. The molecule has 2 aromatic rings. The molecule has 5 nitrogen and oxygen atoms in total. The van der Waals surface area contributed by atoms with E-state index in [-0.39, 0.29) is 17.0 Å². The summed E-state index contributed by atoms with van der Waals surface area (Å²) in [5, 5.41) is 0.0524. The van der Waals surface area contributed by atoms with Gasteiger partial charge in [-0.15, -0.1) is 0 Å². The molecule has 2 N–H and O–H groups in total. The summed E-state index contributed by atoms with van der Waals surface area (Å²) in [4.78, 5) is 4.00. The van der Waals surface area contributed by atoms with Gasteiger partial charge in [0.2, 0.25) is 0 Å². The summed E-state index contributed by atoms with van der Waals surface area (Å²) < 4.78 is 27.5. The molecule has 0 radical (unpaired) electrons. The van der Waals surface area contributed by atoms with Crippen molar-refractivity contribution >= 4 is 26.0 Å². The van der Waals surface area contributed by atoms with E-state index in [0.717, 1.165) is 10.0 Å². The molecule has 2 heterocycles. The number of rotatable bonds is 3. The fourth-order valence-electron chi connectivity index (χ4n) is 2.69. The highest BCUT2D eigenvalue weighted by molar-refractivity contribution is 9.10. The van der Waals surface area contributed by atoms with Crippen molar-refractivity contribution in [2.24, 2.45) is 5.73 Å². The normalized spacial score (nSPS) is 22.8. The van der Waals surface area contributed by atoms with Crippen LogP contribution in [0.5, 0.6) is 0 Å². The second kappa shape index (κ2) is 6.08. The van der Waals surface area contributed by atoms with Gasteiger partial charge in [-0.3, -0.25) is 0 Å². The minimum absolute atomic E-state index is 0.00595. The van der Waals surface area contributed by atoms with Gasteiger partial charge in [-0.1, -0.05) is 30.3 Å². The summed E-state index contributed by atoms with van der Waals surface area (Å²) in [5.41, 5.74) is 7.23. The summed E-state index contributed by atoms with van der Waals surface area (Å²) in [6.45, 7) is 0.685. The quantitative estimate of drug-likeness (QED) is 0.881. The van der Waals surface area contributed by atoms with Gasteiger partial charge in [0.1, 0.15) is 0 Å². The maximum absolute atomic E-state index is 12.7. The van der Waals surface area contributed by atoms with Crippen LogP contribution in [0.2, 0.25) is 0 Å². The molecule has 2 atom stereocenters. The Morgan fingerprint density at radius 3 is 2.50 bits per heavy atom. The Hall–Kier alpha value is -1.28. The van der Waals surface area contributed by atoms with Crippen LogP contribution in [-0.2, 0) is 10.0 Å². The molecule has 0 saturated carbocycles. The molecular weight excluding hydrogens is 366 g/mol. The minimum Gasteiger partial charge on any atom is -0.326 e. The summed E-state index contributed by atoms with van der Waals surface area (Å²) in [6, 6.07) is 12.7. The molecule has 1 aliphatic heterocycles. The van der Waals surface area contributed by atoms with Crippen molar-refractivity contribution in [2.75, 3.05) is 13.1 Å². The predicted octanol–water partition coefficient (Wildman–Crippen LogP) is 1.96. The number of benzene rings is 1. The summed E-state index contributed by atoms with van der Waals surface area (Å²) >= 11 is 3.25. The molecular formula is C15H16BrN3O2S. The van der Waals surface area contributed by atoms with Crippen LogP contribution < -0.4 is 5.73 Å². The number of halogens is 1. The first-order valence-corrected chi connectivity index (χ1v) is 9.14. The Labute approximate surface area is 138 Å². The molecule has 1 aromatic heterocycles. The lowest BCUT2D eigenvalue weighted by atomic mass is 9.95. The maximum Gasteiger partial charge on any atom is 0.260 e. The molecule has 22 heavy (non-hydrogen) atoms. The number of sulfonamides is 1. The van der Waals surface area contributed by atoms with E-state index in [1.807, 2.05) is 30.3 Å². The smallest absolute Gasteiger partial charge is 0.260 e. The van der Waals surface area contributed by atoms with Crippen molar-refractivity contribution in [3.63, 3.8) is 0 Å². The van der Waals surface area contributed by atoms with Gasteiger partial charge in [-0.2, -0.15) is 4.31 Å². The lowest BCUT2D eigenvalue weighted by Gasteiger charge is -2.16. The number of nitrogens with zero attached hydrogens (tertiary/aromatic N) is 2. The lowest BCUT2D eigenvalue weighted by Crippen LogP contribution is -2.32. The molecule has 0 amide bonds. The van der Waals surface area contributed by atoms with E-state index in [2.05, 4.69) is 20.9 Å². The van der Waals surface area contributed by atoms with Gasteiger partial charge in [0, 0.05) is 35.7 Å². The first kappa shape index (κ1) is 15.6. The Bertz CT molecular complexity index is 750. The largest absolute Gasteiger partial charge is 0.326 e. The number of hydrogen-bond donors (Lipinski definition) is 1. The van der Waals surface area contributed by atoms with E-state index in [1.165, 1.54) is 16.6 Å². The summed E-state index contributed by atoms with van der Waals surface area (Å²) in [5.74, 6) is 0.00595. The molecule has 1 aromatic carbocycles. The lowest BCUT2D eigenvalue weighted by molar-refractivity contribution is 0.467. The summed E-state index contributed by atoms with van der Waals surface area (Å²) in [6.07, 6.45) is 1.48. The van der Waals surface area contributed by atoms with E-state index < -0.39 is 10.0 Å². The van der Waals surface area contributed by atoms with E-state index in [1.54, 1.807) is 6.07 Å². The second-order valence-corrected chi connectivity index (χ2v) is 8.12. The van der Waals surface area contributed by atoms with Crippen LogP contribution in [0.4, 0.5) is 0 Å².